The predicted molar refractivity (Wildman–Crippen MR) is 380 cm³/mol. The van der Waals surface area contributed by atoms with Gasteiger partial charge in [0.15, 0.2) is 6.10 Å². The molecule has 0 heterocycles. The highest BCUT2D eigenvalue weighted by Gasteiger charge is 2.29. The van der Waals surface area contributed by atoms with E-state index in [0.717, 1.165) is 167 Å². The lowest BCUT2D eigenvalue weighted by Gasteiger charge is -2.21. The zero-order valence-corrected chi connectivity index (χ0v) is 59.4. The van der Waals surface area contributed by atoms with Crippen LogP contribution in [0.3, 0.4) is 0 Å². The highest BCUT2D eigenvalue weighted by molar-refractivity contribution is 7.47. The summed E-state index contributed by atoms with van der Waals surface area (Å²) in [6.07, 6.45) is 79.4. The van der Waals surface area contributed by atoms with Gasteiger partial charge in [0.25, 0.3) is 0 Å². The van der Waals surface area contributed by atoms with Gasteiger partial charge in [0.1, 0.15) is 25.4 Å². The normalized spacial score (nSPS) is 15.0. The van der Waals surface area contributed by atoms with E-state index >= 15 is 0 Å². The number of aliphatic hydroxyl groups is 2. The molecule has 5 unspecified atom stereocenters. The summed E-state index contributed by atoms with van der Waals surface area (Å²) < 4.78 is 60.9. The van der Waals surface area contributed by atoms with Gasteiger partial charge in [0, 0.05) is 19.3 Å². The van der Waals surface area contributed by atoms with E-state index in [9.17, 15) is 43.5 Å². The number of hydrogen-bond acceptors (Lipinski definition) is 14. The van der Waals surface area contributed by atoms with Crippen molar-refractivity contribution in [1.82, 2.24) is 0 Å². The van der Waals surface area contributed by atoms with Gasteiger partial charge in [-0.3, -0.25) is 32.5 Å². The van der Waals surface area contributed by atoms with Crippen molar-refractivity contribution in [3.05, 3.63) is 134 Å². The van der Waals surface area contributed by atoms with Gasteiger partial charge in [-0.2, -0.15) is 0 Å². The molecule has 0 aliphatic rings. The molecule has 0 aliphatic heterocycles. The maximum atomic E-state index is 12.9. The third-order valence-electron chi connectivity index (χ3n) is 14.3. The largest absolute Gasteiger partial charge is 0.472 e. The third kappa shape index (κ3) is 68.9. The predicted octanol–water partition coefficient (Wildman–Crippen LogP) is 20.0. The maximum Gasteiger partial charge on any atom is 0.472 e. The van der Waals surface area contributed by atoms with Crippen LogP contribution < -0.4 is 0 Å². The zero-order chi connectivity index (χ0) is 68.1. The first-order valence-corrected chi connectivity index (χ1v) is 38.5. The fraction of sp³-hybridized carbons (Fsp3) is 0.667. The van der Waals surface area contributed by atoms with Gasteiger partial charge in [0.2, 0.25) is 0 Å². The number of phosphoric acid groups is 2. The highest BCUT2D eigenvalue weighted by atomic mass is 31.2. The average molecular weight is 1350 g/mol. The molecule has 0 bridgehead atoms. The molecule has 0 amide bonds. The number of hydrogen-bond donors (Lipinski definition) is 4. The average Bonchev–Trinajstić information content (AvgIpc) is 3.64. The van der Waals surface area contributed by atoms with Crippen LogP contribution in [0.15, 0.2) is 134 Å². The molecule has 0 aromatic heterocycles. The summed E-state index contributed by atoms with van der Waals surface area (Å²) in [5, 5.41) is 20.6. The maximum absolute atomic E-state index is 12.9. The summed E-state index contributed by atoms with van der Waals surface area (Å²) in [4.78, 5) is 58.4. The number of aliphatic hydroxyl groups excluding tert-OH is 2. The molecular formula is C75H126O16P2. The number of carbonyl (C=O) groups is 3. The molecule has 0 saturated carbocycles. The Labute approximate surface area is 563 Å². The lowest BCUT2D eigenvalue weighted by atomic mass is 10.1. The van der Waals surface area contributed by atoms with Crippen molar-refractivity contribution in [2.24, 2.45) is 0 Å². The van der Waals surface area contributed by atoms with Crippen LogP contribution in [0.4, 0.5) is 0 Å². The van der Waals surface area contributed by atoms with E-state index in [2.05, 4.69) is 154 Å². The Morgan fingerprint density at radius 3 is 0.914 bits per heavy atom. The Bertz CT molecular complexity index is 2230. The minimum absolute atomic E-state index is 0.0861. The Morgan fingerprint density at radius 1 is 0.312 bits per heavy atom. The fourth-order valence-corrected chi connectivity index (χ4v) is 10.5. The molecule has 16 nitrogen and oxygen atoms in total. The molecule has 0 spiro atoms. The summed E-state index contributed by atoms with van der Waals surface area (Å²) in [6, 6.07) is 0. The van der Waals surface area contributed by atoms with Crippen molar-refractivity contribution < 1.29 is 75.8 Å². The van der Waals surface area contributed by atoms with Crippen LogP contribution in [0.2, 0.25) is 0 Å². The number of rotatable bonds is 66. The van der Waals surface area contributed by atoms with Gasteiger partial charge in [0.05, 0.1) is 26.4 Å². The first kappa shape index (κ1) is 88.7. The Kier molecular flexibility index (Phi) is 64.5. The van der Waals surface area contributed by atoms with E-state index in [1.807, 2.05) is 0 Å². The summed E-state index contributed by atoms with van der Waals surface area (Å²) in [5.41, 5.74) is 0. The second-order valence-electron chi connectivity index (χ2n) is 23.3. The van der Waals surface area contributed by atoms with Crippen molar-refractivity contribution in [2.75, 3.05) is 39.6 Å². The summed E-state index contributed by atoms with van der Waals surface area (Å²) in [7, 11) is -9.79. The quantitative estimate of drug-likeness (QED) is 0.0146. The number of phosphoric ester groups is 2. The van der Waals surface area contributed by atoms with Gasteiger partial charge in [-0.05, 0) is 128 Å². The molecule has 0 aliphatic carbocycles. The summed E-state index contributed by atoms with van der Waals surface area (Å²) in [5.74, 6) is -1.62. The summed E-state index contributed by atoms with van der Waals surface area (Å²) in [6.45, 7) is 2.35. The molecular weight excluding hydrogens is 1220 g/mol. The minimum atomic E-state index is -4.93. The van der Waals surface area contributed by atoms with Crippen molar-refractivity contribution >= 4 is 33.6 Å². The van der Waals surface area contributed by atoms with Crippen LogP contribution in [-0.4, -0.2) is 95.9 Å². The Morgan fingerprint density at radius 2 is 0.570 bits per heavy atom. The molecule has 5 atom stereocenters. The number of ether oxygens (including phenoxy) is 3. The number of esters is 3. The molecule has 93 heavy (non-hydrogen) atoms. The van der Waals surface area contributed by atoms with Crippen molar-refractivity contribution in [1.29, 1.82) is 0 Å². The minimum Gasteiger partial charge on any atom is -0.463 e. The van der Waals surface area contributed by atoms with Crippen LogP contribution in [0.1, 0.15) is 265 Å². The molecule has 0 fully saturated rings. The Hall–Kier alpha value is -4.31. The molecule has 0 rings (SSSR count). The molecule has 0 aromatic rings. The zero-order valence-electron chi connectivity index (χ0n) is 57.6. The van der Waals surface area contributed by atoms with E-state index in [-0.39, 0.29) is 19.3 Å². The lowest BCUT2D eigenvalue weighted by Crippen LogP contribution is -2.30. The van der Waals surface area contributed by atoms with Crippen molar-refractivity contribution in [2.45, 2.75) is 283 Å². The SMILES string of the molecule is CC/C=C\C/C=C\C/C=C\C/C=C\C/C=C\CCCCCCCCCCCC(=O)OCC(O)COP(=O)(O)OCC(O)COP(=O)(O)OCC(COC(=O)CCCCCCC/C=C\C/C=C\C/C=C\C/C=C\C/C=C\CC)OC(=O)CCCCCCC/C=C\CCCC. The number of carbonyl (C=O) groups excluding carboxylic acids is 3. The van der Waals surface area contributed by atoms with E-state index in [0.29, 0.717) is 19.3 Å². The smallest absolute Gasteiger partial charge is 0.463 e. The first-order valence-electron chi connectivity index (χ1n) is 35.5. The van der Waals surface area contributed by atoms with Crippen molar-refractivity contribution in [3.8, 4) is 0 Å². The van der Waals surface area contributed by atoms with Gasteiger partial charge in [-0.1, -0.05) is 251 Å². The Balaban J connectivity index is 4.55. The standard InChI is InChI=1S/C75H126O16P2/c1-4-7-10-13-16-19-22-24-26-28-30-32-33-34-35-37-39-40-42-44-47-49-52-55-58-61-73(78)85-64-70(76)65-87-92(81,82)88-66-71(77)67-89-93(83,84)90-69-72(91-75(80)63-60-57-54-51-46-21-18-15-12-9-6-3)68-86-74(79)62-59-56-53-50-48-45-43-41-38-36-31-29-27-25-23-20-17-14-11-8-5-2/h7-8,10-11,15-20,24-27,30-32,34-36,41,43,70-72,76-77H,4-6,9,12-14,21-23,28-29,33,37-40,42,44-69H2,1-3H3,(H,81,82)(H,83,84)/b10-7-,11-8-,18-15-,19-16-,20-17-,26-24-,27-25-,32-30-,35-34-,36-31-,43-41-. The third-order valence-corrected chi connectivity index (χ3v) is 16.2. The van der Waals surface area contributed by atoms with Crippen LogP contribution >= 0.6 is 15.6 Å². The van der Waals surface area contributed by atoms with E-state index in [4.69, 9.17) is 32.3 Å². The molecule has 18 heteroatoms. The molecule has 0 aromatic carbocycles. The fourth-order valence-electron chi connectivity index (χ4n) is 8.96. The highest BCUT2D eigenvalue weighted by Crippen LogP contribution is 2.45. The molecule has 0 radical (unpaired) electrons. The molecule has 4 N–H and O–H groups in total. The molecule has 0 saturated heterocycles. The summed E-state index contributed by atoms with van der Waals surface area (Å²) >= 11 is 0. The van der Waals surface area contributed by atoms with Gasteiger partial charge in [-0.15, -0.1) is 0 Å². The monoisotopic (exact) mass is 1340 g/mol. The second-order valence-corrected chi connectivity index (χ2v) is 26.2. The number of allylic oxidation sites excluding steroid dienone is 22. The van der Waals surface area contributed by atoms with Crippen LogP contribution in [0, 0.1) is 0 Å². The topological polar surface area (TPSA) is 231 Å². The first-order chi connectivity index (χ1) is 45.2. The van der Waals surface area contributed by atoms with Crippen LogP contribution in [0.5, 0.6) is 0 Å². The van der Waals surface area contributed by atoms with Gasteiger partial charge in [-0.25, -0.2) is 9.13 Å². The van der Waals surface area contributed by atoms with E-state index in [1.165, 1.54) is 38.5 Å². The number of unbranched alkanes of at least 4 members (excludes halogenated alkanes) is 21. The van der Waals surface area contributed by atoms with Crippen LogP contribution in [-0.2, 0) is 55.8 Å². The van der Waals surface area contributed by atoms with Gasteiger partial charge >= 0.3 is 33.6 Å². The van der Waals surface area contributed by atoms with Crippen molar-refractivity contribution in [3.63, 3.8) is 0 Å². The lowest BCUT2D eigenvalue weighted by molar-refractivity contribution is -0.161. The van der Waals surface area contributed by atoms with E-state index < -0.39 is 91.5 Å². The second kappa shape index (κ2) is 67.7. The molecule has 532 valence electrons. The van der Waals surface area contributed by atoms with Crippen LogP contribution in [0.25, 0.3) is 0 Å². The van der Waals surface area contributed by atoms with Gasteiger partial charge < -0.3 is 34.2 Å². The van der Waals surface area contributed by atoms with E-state index in [1.54, 1.807) is 0 Å².